The average Bonchev–Trinajstić information content (AvgIpc) is 2.24. The summed E-state index contributed by atoms with van der Waals surface area (Å²) in [6.07, 6.45) is 0. The van der Waals surface area contributed by atoms with Crippen LogP contribution in [0.1, 0.15) is 32.4 Å². The minimum atomic E-state index is -0.0878. The first kappa shape index (κ1) is 13.8. The first-order valence-electron chi connectivity index (χ1n) is 5.84. The molecule has 0 spiro atoms. The highest BCUT2D eigenvalue weighted by molar-refractivity contribution is 5.40. The van der Waals surface area contributed by atoms with Crippen LogP contribution in [-0.2, 0) is 0 Å². The predicted molar refractivity (Wildman–Crippen MR) is 67.0 cm³/mol. The van der Waals surface area contributed by atoms with Crippen LogP contribution in [-0.4, -0.2) is 28.0 Å². The first-order chi connectivity index (χ1) is 7.95. The maximum atomic E-state index is 9.72. The number of phenolic OH excluding ortho intramolecular Hbond substituents is 2. The smallest absolute Gasteiger partial charge is 0.124 e. The van der Waals surface area contributed by atoms with Gasteiger partial charge in [-0.05, 0) is 18.9 Å². The van der Waals surface area contributed by atoms with Gasteiger partial charge in [0.1, 0.15) is 11.5 Å². The lowest BCUT2D eigenvalue weighted by Gasteiger charge is -2.25. The van der Waals surface area contributed by atoms with E-state index >= 15 is 0 Å². The van der Waals surface area contributed by atoms with Crippen LogP contribution >= 0.6 is 0 Å². The molecule has 0 heterocycles. The maximum absolute atomic E-state index is 9.72. The monoisotopic (exact) mass is 239 g/mol. The molecule has 0 saturated carbocycles. The van der Waals surface area contributed by atoms with Crippen molar-refractivity contribution in [2.24, 2.45) is 5.92 Å². The molecule has 4 heteroatoms. The highest BCUT2D eigenvalue weighted by Crippen LogP contribution is 2.28. The summed E-state index contributed by atoms with van der Waals surface area (Å²) in [5, 5.41) is 31.4. The van der Waals surface area contributed by atoms with Gasteiger partial charge in [-0.1, -0.05) is 19.9 Å². The molecule has 1 unspecified atom stereocenters. The highest BCUT2D eigenvalue weighted by Gasteiger charge is 2.17. The molecule has 0 aliphatic heterocycles. The van der Waals surface area contributed by atoms with E-state index in [0.29, 0.717) is 11.5 Å². The molecule has 0 aliphatic carbocycles. The zero-order valence-electron chi connectivity index (χ0n) is 10.5. The van der Waals surface area contributed by atoms with Gasteiger partial charge in [-0.3, -0.25) is 0 Å². The third-order valence-corrected chi connectivity index (χ3v) is 2.95. The normalized spacial score (nSPS) is 14.9. The molecular weight excluding hydrogens is 218 g/mol. The molecule has 96 valence electrons. The molecule has 1 rings (SSSR count). The van der Waals surface area contributed by atoms with Gasteiger partial charge < -0.3 is 20.6 Å². The lowest BCUT2D eigenvalue weighted by atomic mass is 10.0. The van der Waals surface area contributed by atoms with Crippen LogP contribution in [0.2, 0.25) is 0 Å². The minimum Gasteiger partial charge on any atom is -0.508 e. The zero-order chi connectivity index (χ0) is 13.0. The summed E-state index contributed by atoms with van der Waals surface area (Å²) in [5.41, 5.74) is 0.710. The number of hydrogen-bond acceptors (Lipinski definition) is 4. The summed E-state index contributed by atoms with van der Waals surface area (Å²) in [5.74, 6) is 0.410. The number of hydrogen-bond donors (Lipinski definition) is 4. The molecule has 0 aromatic heterocycles. The van der Waals surface area contributed by atoms with Crippen molar-refractivity contribution in [3.8, 4) is 11.5 Å². The van der Waals surface area contributed by atoms with E-state index in [9.17, 15) is 15.3 Å². The van der Waals surface area contributed by atoms with Crippen molar-refractivity contribution in [3.05, 3.63) is 23.8 Å². The lowest BCUT2D eigenvalue weighted by molar-refractivity contribution is 0.201. The van der Waals surface area contributed by atoms with E-state index in [4.69, 9.17) is 0 Å². The van der Waals surface area contributed by atoms with Crippen molar-refractivity contribution < 1.29 is 15.3 Å². The molecule has 0 bridgehead atoms. The largest absolute Gasteiger partial charge is 0.508 e. The fourth-order valence-corrected chi connectivity index (χ4v) is 1.77. The fourth-order valence-electron chi connectivity index (χ4n) is 1.77. The van der Waals surface area contributed by atoms with Gasteiger partial charge in [-0.15, -0.1) is 0 Å². The van der Waals surface area contributed by atoms with Crippen molar-refractivity contribution in [3.63, 3.8) is 0 Å². The van der Waals surface area contributed by atoms with Gasteiger partial charge in [-0.2, -0.15) is 0 Å². The Kier molecular flexibility index (Phi) is 4.78. The molecular formula is C13H21NO3. The van der Waals surface area contributed by atoms with Crippen molar-refractivity contribution >= 4 is 0 Å². The van der Waals surface area contributed by atoms with E-state index in [2.05, 4.69) is 5.32 Å². The SMILES string of the molecule is CC(N[C@H](CO)C(C)C)c1ccc(O)cc1O. The fraction of sp³-hybridized carbons (Fsp3) is 0.538. The van der Waals surface area contributed by atoms with Crippen molar-refractivity contribution in [2.45, 2.75) is 32.9 Å². The summed E-state index contributed by atoms with van der Waals surface area (Å²) < 4.78 is 0. The molecule has 17 heavy (non-hydrogen) atoms. The number of benzene rings is 1. The summed E-state index contributed by atoms with van der Waals surface area (Å²) in [7, 11) is 0. The number of nitrogens with one attached hydrogen (secondary N) is 1. The van der Waals surface area contributed by atoms with E-state index in [1.807, 2.05) is 20.8 Å². The van der Waals surface area contributed by atoms with Gasteiger partial charge >= 0.3 is 0 Å². The van der Waals surface area contributed by atoms with Crippen molar-refractivity contribution in [1.82, 2.24) is 5.32 Å². The Labute approximate surface area is 102 Å². The number of aliphatic hydroxyl groups excluding tert-OH is 1. The number of phenols is 2. The van der Waals surface area contributed by atoms with E-state index < -0.39 is 0 Å². The Morgan fingerprint density at radius 2 is 1.82 bits per heavy atom. The molecule has 1 aromatic rings. The quantitative estimate of drug-likeness (QED) is 0.632. The van der Waals surface area contributed by atoms with E-state index in [0.717, 1.165) is 0 Å². The van der Waals surface area contributed by atoms with E-state index in [-0.39, 0.29) is 30.2 Å². The molecule has 0 radical (unpaired) electrons. The summed E-state index contributed by atoms with van der Waals surface area (Å²) in [4.78, 5) is 0. The second kappa shape index (κ2) is 5.89. The lowest BCUT2D eigenvalue weighted by Crippen LogP contribution is -2.38. The van der Waals surface area contributed by atoms with Gasteiger partial charge in [0.05, 0.1) is 6.61 Å². The predicted octanol–water partition coefficient (Wildman–Crippen LogP) is 1.77. The van der Waals surface area contributed by atoms with Crippen LogP contribution in [0.15, 0.2) is 18.2 Å². The van der Waals surface area contributed by atoms with Crippen molar-refractivity contribution in [2.75, 3.05) is 6.61 Å². The van der Waals surface area contributed by atoms with Crippen LogP contribution < -0.4 is 5.32 Å². The zero-order valence-corrected chi connectivity index (χ0v) is 10.5. The summed E-state index contributed by atoms with van der Waals surface area (Å²) >= 11 is 0. The molecule has 2 atom stereocenters. The standard InChI is InChI=1S/C13H21NO3/c1-8(2)12(7-15)14-9(3)11-5-4-10(16)6-13(11)17/h4-6,8-9,12,14-17H,7H2,1-3H3/t9?,12-/m1/s1. The summed E-state index contributed by atoms with van der Waals surface area (Å²) in [6, 6.07) is 4.43. The molecule has 0 fully saturated rings. The molecule has 1 aromatic carbocycles. The van der Waals surface area contributed by atoms with Crippen LogP contribution in [0, 0.1) is 5.92 Å². The van der Waals surface area contributed by atoms with Gasteiger partial charge in [0, 0.05) is 23.7 Å². The number of rotatable bonds is 5. The maximum Gasteiger partial charge on any atom is 0.124 e. The van der Waals surface area contributed by atoms with Crippen LogP contribution in [0.5, 0.6) is 11.5 Å². The second-order valence-corrected chi connectivity index (χ2v) is 4.66. The molecule has 0 amide bonds. The summed E-state index contributed by atoms with van der Waals surface area (Å²) in [6.45, 7) is 6.02. The van der Waals surface area contributed by atoms with Crippen LogP contribution in [0.4, 0.5) is 0 Å². The van der Waals surface area contributed by atoms with Gasteiger partial charge in [0.15, 0.2) is 0 Å². The molecule has 0 aliphatic rings. The van der Waals surface area contributed by atoms with E-state index in [1.165, 1.54) is 12.1 Å². The van der Waals surface area contributed by atoms with Crippen LogP contribution in [0.25, 0.3) is 0 Å². The Hall–Kier alpha value is -1.26. The first-order valence-corrected chi connectivity index (χ1v) is 5.84. The third-order valence-electron chi connectivity index (χ3n) is 2.95. The Bertz CT molecular complexity index is 366. The molecule has 0 saturated heterocycles. The van der Waals surface area contributed by atoms with E-state index in [1.54, 1.807) is 6.07 Å². The third kappa shape index (κ3) is 3.61. The van der Waals surface area contributed by atoms with Gasteiger partial charge in [-0.25, -0.2) is 0 Å². The Balaban J connectivity index is 2.78. The molecule has 4 N–H and O–H groups in total. The number of aliphatic hydroxyl groups is 1. The number of aromatic hydroxyl groups is 2. The Morgan fingerprint density at radius 1 is 1.18 bits per heavy atom. The molecule has 4 nitrogen and oxygen atoms in total. The minimum absolute atomic E-state index is 0.0156. The highest BCUT2D eigenvalue weighted by atomic mass is 16.3. The Morgan fingerprint density at radius 3 is 2.29 bits per heavy atom. The topological polar surface area (TPSA) is 72.7 Å². The van der Waals surface area contributed by atoms with Crippen molar-refractivity contribution in [1.29, 1.82) is 0 Å². The average molecular weight is 239 g/mol. The van der Waals surface area contributed by atoms with Gasteiger partial charge in [0.25, 0.3) is 0 Å². The second-order valence-electron chi connectivity index (χ2n) is 4.66. The van der Waals surface area contributed by atoms with Gasteiger partial charge in [0.2, 0.25) is 0 Å². The van der Waals surface area contributed by atoms with Crippen LogP contribution in [0.3, 0.4) is 0 Å².